The Hall–Kier alpha value is -1.46. The molecule has 0 bridgehead atoms. The number of benzene rings is 1. The normalized spacial score (nSPS) is 20.8. The summed E-state index contributed by atoms with van der Waals surface area (Å²) < 4.78 is 19.4. The fourth-order valence-corrected chi connectivity index (χ4v) is 2.48. The number of amides is 1. The van der Waals surface area contributed by atoms with Gasteiger partial charge in [0, 0.05) is 24.6 Å². The van der Waals surface area contributed by atoms with Crippen molar-refractivity contribution in [1.29, 1.82) is 0 Å². The second kappa shape index (κ2) is 6.81. The van der Waals surface area contributed by atoms with Crippen molar-refractivity contribution >= 4 is 5.91 Å². The van der Waals surface area contributed by atoms with Crippen LogP contribution in [-0.4, -0.2) is 44.1 Å². The largest absolute Gasteiger partial charge is 0.370 e. The van der Waals surface area contributed by atoms with Crippen LogP contribution in [0.25, 0.3) is 0 Å². The zero-order chi connectivity index (χ0) is 14.5. The molecule has 2 atom stereocenters. The molecule has 0 aliphatic carbocycles. The molecule has 20 heavy (non-hydrogen) atoms. The Bertz CT molecular complexity index is 467. The van der Waals surface area contributed by atoms with E-state index in [0.29, 0.717) is 31.8 Å². The molecule has 110 valence electrons. The minimum atomic E-state index is -0.379. The smallest absolute Gasteiger partial charge is 0.226 e. The minimum Gasteiger partial charge on any atom is -0.370 e. The summed E-state index contributed by atoms with van der Waals surface area (Å²) >= 11 is 0. The average molecular weight is 280 g/mol. The molecule has 0 radical (unpaired) electrons. The summed E-state index contributed by atoms with van der Waals surface area (Å²) in [5.74, 6) is -0.279. The molecular formula is C15H21FN2O2. The third kappa shape index (κ3) is 3.35. The van der Waals surface area contributed by atoms with Crippen LogP contribution < -0.4 is 5.32 Å². The molecule has 0 saturated carbocycles. The number of morpholine rings is 1. The van der Waals surface area contributed by atoms with Crippen LogP contribution in [0, 0.1) is 11.7 Å². The van der Waals surface area contributed by atoms with E-state index in [1.54, 1.807) is 23.1 Å². The quantitative estimate of drug-likeness (QED) is 0.910. The van der Waals surface area contributed by atoms with Gasteiger partial charge < -0.3 is 15.0 Å². The highest BCUT2D eigenvalue weighted by atomic mass is 19.1. The van der Waals surface area contributed by atoms with Gasteiger partial charge in [-0.3, -0.25) is 4.79 Å². The van der Waals surface area contributed by atoms with E-state index >= 15 is 0 Å². The summed E-state index contributed by atoms with van der Waals surface area (Å²) in [4.78, 5) is 14.1. The summed E-state index contributed by atoms with van der Waals surface area (Å²) in [5.41, 5.74) is 0.520. The van der Waals surface area contributed by atoms with Crippen LogP contribution in [0.3, 0.4) is 0 Å². The van der Waals surface area contributed by atoms with Gasteiger partial charge in [0.15, 0.2) is 0 Å². The molecule has 4 nitrogen and oxygen atoms in total. The van der Waals surface area contributed by atoms with Gasteiger partial charge >= 0.3 is 0 Å². The molecule has 1 amide bonds. The molecular weight excluding hydrogens is 259 g/mol. The van der Waals surface area contributed by atoms with Gasteiger partial charge in [-0.2, -0.15) is 0 Å². The molecule has 0 aromatic heterocycles. The Morgan fingerprint density at radius 1 is 1.55 bits per heavy atom. The van der Waals surface area contributed by atoms with E-state index in [0.717, 1.165) is 0 Å². The maximum atomic E-state index is 13.8. The third-order valence-electron chi connectivity index (χ3n) is 3.56. The molecule has 1 saturated heterocycles. The van der Waals surface area contributed by atoms with Gasteiger partial charge in [0.25, 0.3) is 0 Å². The van der Waals surface area contributed by atoms with Crippen LogP contribution in [-0.2, 0) is 9.53 Å². The number of carbonyl (C=O) groups excluding carboxylic acids is 1. The van der Waals surface area contributed by atoms with Crippen molar-refractivity contribution in [2.24, 2.45) is 5.92 Å². The second-order valence-corrected chi connectivity index (χ2v) is 5.12. The van der Waals surface area contributed by atoms with E-state index in [1.165, 1.54) is 6.07 Å². The van der Waals surface area contributed by atoms with Crippen LogP contribution in [0.4, 0.5) is 4.39 Å². The first-order chi connectivity index (χ1) is 9.63. The maximum absolute atomic E-state index is 13.8. The average Bonchev–Trinajstić information content (AvgIpc) is 2.47. The van der Waals surface area contributed by atoms with Crippen LogP contribution in [0.5, 0.6) is 0 Å². The molecule has 1 aliphatic heterocycles. The molecule has 5 heteroatoms. The van der Waals surface area contributed by atoms with Gasteiger partial charge in [-0.15, -0.1) is 0 Å². The fraction of sp³-hybridized carbons (Fsp3) is 0.533. The van der Waals surface area contributed by atoms with E-state index < -0.39 is 0 Å². The molecule has 1 aromatic rings. The molecule has 1 aromatic carbocycles. The van der Waals surface area contributed by atoms with E-state index in [-0.39, 0.29) is 23.7 Å². The van der Waals surface area contributed by atoms with Gasteiger partial charge in [-0.1, -0.05) is 25.1 Å². The fourth-order valence-electron chi connectivity index (χ4n) is 2.48. The minimum absolute atomic E-state index is 0.0839. The second-order valence-electron chi connectivity index (χ2n) is 5.12. The zero-order valence-corrected chi connectivity index (χ0v) is 11.9. The molecule has 0 spiro atoms. The number of nitrogens with zero attached hydrogens (tertiary/aromatic N) is 1. The van der Waals surface area contributed by atoms with Crippen molar-refractivity contribution < 1.29 is 13.9 Å². The molecule has 1 fully saturated rings. The molecule has 1 heterocycles. The van der Waals surface area contributed by atoms with Crippen molar-refractivity contribution in [3.63, 3.8) is 0 Å². The molecule has 2 unspecified atom stereocenters. The Labute approximate surface area is 118 Å². The van der Waals surface area contributed by atoms with Crippen molar-refractivity contribution in [3.05, 3.63) is 35.6 Å². The number of hydrogen-bond acceptors (Lipinski definition) is 3. The number of hydrogen-bond donors (Lipinski definition) is 1. The van der Waals surface area contributed by atoms with Gasteiger partial charge in [-0.25, -0.2) is 4.39 Å². The van der Waals surface area contributed by atoms with Crippen LogP contribution >= 0.6 is 0 Å². The molecule has 1 N–H and O–H groups in total. The predicted molar refractivity (Wildman–Crippen MR) is 74.8 cm³/mol. The van der Waals surface area contributed by atoms with Crippen molar-refractivity contribution in [2.75, 3.05) is 33.3 Å². The Kier molecular flexibility index (Phi) is 5.09. The maximum Gasteiger partial charge on any atom is 0.226 e. The highest BCUT2D eigenvalue weighted by molar-refractivity contribution is 5.78. The van der Waals surface area contributed by atoms with Crippen molar-refractivity contribution in [2.45, 2.75) is 13.0 Å². The number of carbonyl (C=O) groups is 1. The number of nitrogens with one attached hydrogen (secondary N) is 1. The van der Waals surface area contributed by atoms with Crippen molar-refractivity contribution in [1.82, 2.24) is 10.2 Å². The highest BCUT2D eigenvalue weighted by Gasteiger charge is 2.28. The first-order valence-electron chi connectivity index (χ1n) is 6.93. The first-order valence-corrected chi connectivity index (χ1v) is 6.93. The summed E-state index contributed by atoms with van der Waals surface area (Å²) in [6.07, 6.45) is -0.379. The Balaban J connectivity index is 2.05. The van der Waals surface area contributed by atoms with Crippen LogP contribution in [0.1, 0.15) is 18.6 Å². The monoisotopic (exact) mass is 280 g/mol. The van der Waals surface area contributed by atoms with Gasteiger partial charge in [0.1, 0.15) is 11.9 Å². The number of halogens is 1. The van der Waals surface area contributed by atoms with E-state index in [9.17, 15) is 9.18 Å². The Morgan fingerprint density at radius 3 is 3.00 bits per heavy atom. The zero-order valence-electron chi connectivity index (χ0n) is 11.9. The van der Waals surface area contributed by atoms with E-state index in [2.05, 4.69) is 5.32 Å². The van der Waals surface area contributed by atoms with E-state index in [1.807, 2.05) is 14.0 Å². The lowest BCUT2D eigenvalue weighted by atomic mass is 10.1. The predicted octanol–water partition coefficient (Wildman–Crippen LogP) is 1.58. The summed E-state index contributed by atoms with van der Waals surface area (Å²) in [7, 11) is 1.82. The van der Waals surface area contributed by atoms with Crippen molar-refractivity contribution in [3.8, 4) is 0 Å². The lowest BCUT2D eigenvalue weighted by Gasteiger charge is -2.34. The lowest BCUT2D eigenvalue weighted by Crippen LogP contribution is -2.46. The van der Waals surface area contributed by atoms with Gasteiger partial charge in [0.2, 0.25) is 5.91 Å². The molecule has 1 aliphatic rings. The lowest BCUT2D eigenvalue weighted by molar-refractivity contribution is -0.142. The topological polar surface area (TPSA) is 41.6 Å². The Morgan fingerprint density at radius 2 is 2.30 bits per heavy atom. The third-order valence-corrected chi connectivity index (χ3v) is 3.56. The summed E-state index contributed by atoms with van der Waals surface area (Å²) in [6.45, 7) is 3.95. The number of rotatable bonds is 4. The summed E-state index contributed by atoms with van der Waals surface area (Å²) in [5, 5.41) is 3.00. The summed E-state index contributed by atoms with van der Waals surface area (Å²) in [6, 6.07) is 6.57. The highest BCUT2D eigenvalue weighted by Crippen LogP contribution is 2.25. The standard InChI is InChI=1S/C15H21FN2O2/c1-11(9-17-2)15(19)18-7-8-20-14(10-18)12-5-3-4-6-13(12)16/h3-6,11,14,17H,7-10H2,1-2H3. The van der Waals surface area contributed by atoms with Gasteiger partial charge in [0.05, 0.1) is 13.2 Å². The van der Waals surface area contributed by atoms with Gasteiger partial charge in [-0.05, 0) is 13.1 Å². The van der Waals surface area contributed by atoms with E-state index in [4.69, 9.17) is 4.74 Å². The first kappa shape index (κ1) is 14.9. The van der Waals surface area contributed by atoms with Crippen LogP contribution in [0.15, 0.2) is 24.3 Å². The molecule has 2 rings (SSSR count). The van der Waals surface area contributed by atoms with Crippen LogP contribution in [0.2, 0.25) is 0 Å². The number of ether oxygens (including phenoxy) is 1. The SMILES string of the molecule is CNCC(C)C(=O)N1CCOC(c2ccccc2F)C1.